The van der Waals surface area contributed by atoms with Crippen molar-refractivity contribution in [1.29, 1.82) is 0 Å². The van der Waals surface area contributed by atoms with Crippen LogP contribution in [-0.4, -0.2) is 31.6 Å². The molecule has 0 radical (unpaired) electrons. The van der Waals surface area contributed by atoms with Crippen molar-refractivity contribution in [2.45, 2.75) is 11.7 Å². The van der Waals surface area contributed by atoms with E-state index in [1.807, 2.05) is 0 Å². The Hall–Kier alpha value is -1.24. The zero-order valence-corrected chi connectivity index (χ0v) is 9.28. The summed E-state index contributed by atoms with van der Waals surface area (Å²) >= 11 is -2.44. The predicted molar refractivity (Wildman–Crippen MR) is 59.5 cm³/mol. The molecule has 0 spiro atoms. The van der Waals surface area contributed by atoms with Gasteiger partial charge in [-0.05, 0) is 23.2 Å². The third-order valence-corrected chi connectivity index (χ3v) is 2.81. The van der Waals surface area contributed by atoms with E-state index in [-0.39, 0.29) is 6.42 Å². The van der Waals surface area contributed by atoms with Crippen molar-refractivity contribution in [3.8, 4) is 0 Å². The number of aliphatic hydroxyl groups excluding tert-OH is 1. The Morgan fingerprint density at radius 3 is 2.56 bits per heavy atom. The maximum absolute atomic E-state index is 11.4. The first-order valence-electron chi connectivity index (χ1n) is 4.67. The second-order valence-corrected chi connectivity index (χ2v) is 4.37. The summed E-state index contributed by atoms with van der Waals surface area (Å²) in [4.78, 5) is 11.4. The number of aliphatic hydroxyl groups is 1. The van der Waals surface area contributed by atoms with Crippen LogP contribution >= 0.6 is 0 Å². The quantitative estimate of drug-likeness (QED) is 0.724. The Bertz CT molecular complexity index is 368. The van der Waals surface area contributed by atoms with Gasteiger partial charge >= 0.3 is 0 Å². The van der Waals surface area contributed by atoms with Gasteiger partial charge in [0.05, 0.1) is 11.9 Å². The molecule has 1 rings (SSSR count). The van der Waals surface area contributed by atoms with Gasteiger partial charge in [0.15, 0.2) is 0 Å². The van der Waals surface area contributed by atoms with Crippen LogP contribution in [0.2, 0.25) is 0 Å². The normalized spacial score (nSPS) is 14.1. The summed E-state index contributed by atoms with van der Waals surface area (Å²) in [6, 6.07) is 8.70. The van der Waals surface area contributed by atoms with Gasteiger partial charge in [-0.1, -0.05) is 18.2 Å². The number of carbonyl (C=O) groups is 1. The first kappa shape index (κ1) is 12.8. The van der Waals surface area contributed by atoms with Crippen molar-refractivity contribution in [3.05, 3.63) is 30.3 Å². The van der Waals surface area contributed by atoms with Crippen LogP contribution < -0.4 is 5.32 Å². The highest BCUT2D eigenvalue weighted by atomic mass is 32.2. The van der Waals surface area contributed by atoms with E-state index in [9.17, 15) is 13.6 Å². The number of para-hydroxylation sites is 1. The number of nitrogens with one attached hydrogen (secondary N) is 1. The van der Waals surface area contributed by atoms with Gasteiger partial charge in [0, 0.05) is 12.1 Å². The van der Waals surface area contributed by atoms with E-state index in [1.165, 1.54) is 0 Å². The van der Waals surface area contributed by atoms with Crippen LogP contribution in [0.3, 0.4) is 0 Å². The largest absolute Gasteiger partial charge is 0.772 e. The Morgan fingerprint density at radius 1 is 1.44 bits per heavy atom. The summed E-state index contributed by atoms with van der Waals surface area (Å²) in [5, 5.41) is 10.2. The Kier molecular flexibility index (Phi) is 5.10. The van der Waals surface area contributed by atoms with E-state index in [2.05, 4.69) is 5.32 Å². The number of anilines is 1. The number of hydrogen-bond acceptors (Lipinski definition) is 4. The number of carbonyl (C=O) groups excluding carboxylic acids is 1. The van der Waals surface area contributed by atoms with Gasteiger partial charge in [0.1, 0.15) is 0 Å². The highest BCUT2D eigenvalue weighted by Crippen LogP contribution is 2.07. The van der Waals surface area contributed by atoms with Crippen molar-refractivity contribution in [2.75, 3.05) is 11.9 Å². The average Bonchev–Trinajstić information content (AvgIpc) is 2.27. The van der Waals surface area contributed by atoms with Gasteiger partial charge < -0.3 is 15.0 Å². The van der Waals surface area contributed by atoms with Crippen LogP contribution in [-0.2, 0) is 15.9 Å². The minimum absolute atomic E-state index is 0.249. The zero-order chi connectivity index (χ0) is 12.0. The molecule has 16 heavy (non-hydrogen) atoms. The van der Waals surface area contributed by atoms with Gasteiger partial charge in [0.2, 0.25) is 5.91 Å². The smallest absolute Gasteiger partial charge is 0.225 e. The molecule has 0 aliphatic carbocycles. The monoisotopic (exact) mass is 242 g/mol. The molecule has 5 nitrogen and oxygen atoms in total. The number of hydrogen-bond donors (Lipinski definition) is 2. The minimum Gasteiger partial charge on any atom is -0.772 e. The SMILES string of the molecule is O=C(CC(CO)S(=O)[O-])Nc1ccccc1. The summed E-state index contributed by atoms with van der Waals surface area (Å²) in [6.45, 7) is -0.557. The van der Waals surface area contributed by atoms with Crippen LogP contribution in [0.4, 0.5) is 5.69 Å². The molecule has 0 fully saturated rings. The lowest BCUT2D eigenvalue weighted by Gasteiger charge is -2.16. The topological polar surface area (TPSA) is 89.5 Å². The fourth-order valence-electron chi connectivity index (χ4n) is 1.13. The van der Waals surface area contributed by atoms with Crippen molar-refractivity contribution in [1.82, 2.24) is 0 Å². The molecular weight excluding hydrogens is 230 g/mol. The fourth-order valence-corrected chi connectivity index (χ4v) is 1.54. The molecule has 88 valence electrons. The summed E-state index contributed by atoms with van der Waals surface area (Å²) < 4.78 is 21.2. The number of benzene rings is 1. The first-order chi connectivity index (χ1) is 7.63. The molecule has 2 atom stereocenters. The summed E-state index contributed by atoms with van der Waals surface area (Å²) in [7, 11) is 0. The molecule has 0 bridgehead atoms. The Balaban J connectivity index is 2.50. The second kappa shape index (κ2) is 6.37. The lowest BCUT2D eigenvalue weighted by molar-refractivity contribution is -0.116. The fraction of sp³-hybridized carbons (Fsp3) is 0.300. The molecule has 6 heteroatoms. The third kappa shape index (κ3) is 4.09. The van der Waals surface area contributed by atoms with Crippen molar-refractivity contribution >= 4 is 22.7 Å². The maximum atomic E-state index is 11.4. The highest BCUT2D eigenvalue weighted by Gasteiger charge is 2.13. The molecule has 0 saturated carbocycles. The molecule has 1 aromatic rings. The van der Waals surface area contributed by atoms with Crippen LogP contribution in [0.1, 0.15) is 6.42 Å². The predicted octanol–water partition coefficient (Wildman–Crippen LogP) is 0.255. The van der Waals surface area contributed by atoms with Gasteiger partial charge in [0.25, 0.3) is 0 Å². The zero-order valence-electron chi connectivity index (χ0n) is 8.46. The molecular formula is C10H12NO4S-. The van der Waals surface area contributed by atoms with E-state index in [0.29, 0.717) is 5.69 Å². The van der Waals surface area contributed by atoms with Crippen molar-refractivity contribution in [3.63, 3.8) is 0 Å². The van der Waals surface area contributed by atoms with Gasteiger partial charge in [-0.25, -0.2) is 0 Å². The molecule has 1 aromatic carbocycles. The maximum Gasteiger partial charge on any atom is 0.225 e. The molecule has 0 aromatic heterocycles. The van der Waals surface area contributed by atoms with Gasteiger partial charge in [-0.3, -0.25) is 9.00 Å². The molecule has 0 saturated heterocycles. The standard InChI is InChI=1S/C10H13NO4S/c12-7-9(16(14)15)6-10(13)11-8-4-2-1-3-5-8/h1-5,9,12H,6-7H2,(H,11,13)(H,14,15)/p-1. The van der Waals surface area contributed by atoms with Crippen LogP contribution in [0.5, 0.6) is 0 Å². The van der Waals surface area contributed by atoms with E-state index < -0.39 is 28.8 Å². The molecule has 1 amide bonds. The molecule has 0 aliphatic heterocycles. The van der Waals surface area contributed by atoms with Crippen molar-refractivity contribution < 1.29 is 18.7 Å². The van der Waals surface area contributed by atoms with E-state index in [0.717, 1.165) is 0 Å². The Morgan fingerprint density at radius 2 is 2.06 bits per heavy atom. The summed E-state index contributed by atoms with van der Waals surface area (Å²) in [5.41, 5.74) is 0.598. The van der Waals surface area contributed by atoms with Gasteiger partial charge in [-0.15, -0.1) is 0 Å². The number of rotatable bonds is 5. The van der Waals surface area contributed by atoms with E-state index in [1.54, 1.807) is 30.3 Å². The second-order valence-electron chi connectivity index (χ2n) is 3.18. The van der Waals surface area contributed by atoms with Gasteiger partial charge in [-0.2, -0.15) is 0 Å². The van der Waals surface area contributed by atoms with Crippen LogP contribution in [0, 0.1) is 0 Å². The van der Waals surface area contributed by atoms with Crippen molar-refractivity contribution in [2.24, 2.45) is 0 Å². The summed E-state index contributed by atoms with van der Waals surface area (Å²) in [6.07, 6.45) is -0.249. The highest BCUT2D eigenvalue weighted by molar-refractivity contribution is 7.79. The minimum atomic E-state index is -2.44. The molecule has 2 N–H and O–H groups in total. The average molecular weight is 242 g/mol. The molecule has 2 unspecified atom stereocenters. The van der Waals surface area contributed by atoms with Crippen LogP contribution in [0.15, 0.2) is 30.3 Å². The van der Waals surface area contributed by atoms with E-state index >= 15 is 0 Å². The first-order valence-corrected chi connectivity index (χ1v) is 5.81. The number of amides is 1. The lowest BCUT2D eigenvalue weighted by Crippen LogP contribution is -2.26. The Labute approximate surface area is 95.8 Å². The van der Waals surface area contributed by atoms with Crippen LogP contribution in [0.25, 0.3) is 0 Å². The lowest BCUT2D eigenvalue weighted by atomic mass is 10.2. The third-order valence-electron chi connectivity index (χ3n) is 1.95. The molecule has 0 heterocycles. The summed E-state index contributed by atoms with van der Waals surface area (Å²) in [5.74, 6) is -0.436. The molecule has 0 aliphatic rings. The van der Waals surface area contributed by atoms with E-state index in [4.69, 9.17) is 5.11 Å².